The minimum Gasteiger partial charge on any atom is -0.351 e. The Morgan fingerprint density at radius 1 is 1.50 bits per heavy atom. The van der Waals surface area contributed by atoms with Gasteiger partial charge >= 0.3 is 13.6 Å². The third-order valence-electron chi connectivity index (χ3n) is 0.758. The SMILES string of the molecule is NC(=O)NC(=O)[C@H](Cl)P(=O)(O)O. The average Bonchev–Trinajstić information content (AvgIpc) is 1.82. The molecular formula is C3H6ClN2O5P. The number of nitrogens with two attached hydrogens (primary N) is 1. The number of halogens is 1. The normalized spacial score (nSPS) is 13.6. The molecule has 0 fully saturated rings. The van der Waals surface area contributed by atoms with Gasteiger partial charge in [0.1, 0.15) is 0 Å². The first-order valence-electron chi connectivity index (χ1n) is 2.54. The van der Waals surface area contributed by atoms with Crippen LogP contribution in [0.3, 0.4) is 0 Å². The number of imide groups is 1. The molecule has 12 heavy (non-hydrogen) atoms. The van der Waals surface area contributed by atoms with Crippen LogP contribution in [0.5, 0.6) is 0 Å². The van der Waals surface area contributed by atoms with E-state index in [9.17, 15) is 14.2 Å². The van der Waals surface area contributed by atoms with E-state index in [0.717, 1.165) is 0 Å². The summed E-state index contributed by atoms with van der Waals surface area (Å²) in [5, 5.41) is -0.668. The maximum atomic E-state index is 10.6. The summed E-state index contributed by atoms with van der Waals surface area (Å²) in [6.45, 7) is 0. The highest BCUT2D eigenvalue weighted by atomic mass is 35.5. The summed E-state index contributed by atoms with van der Waals surface area (Å²) in [6.07, 6.45) is 0. The lowest BCUT2D eigenvalue weighted by atomic mass is 10.7. The first-order valence-corrected chi connectivity index (χ1v) is 4.66. The van der Waals surface area contributed by atoms with Crippen molar-refractivity contribution in [2.45, 2.75) is 5.12 Å². The van der Waals surface area contributed by atoms with Crippen LogP contribution in [-0.4, -0.2) is 26.8 Å². The van der Waals surface area contributed by atoms with Gasteiger partial charge in [-0.05, 0) is 0 Å². The average molecular weight is 217 g/mol. The van der Waals surface area contributed by atoms with Crippen LogP contribution < -0.4 is 11.1 Å². The number of carbonyl (C=O) groups excluding carboxylic acids is 2. The van der Waals surface area contributed by atoms with E-state index in [1.807, 2.05) is 0 Å². The fraction of sp³-hybridized carbons (Fsp3) is 0.333. The molecule has 0 bridgehead atoms. The van der Waals surface area contributed by atoms with Crippen molar-refractivity contribution in [1.82, 2.24) is 5.32 Å². The molecule has 0 radical (unpaired) electrons. The van der Waals surface area contributed by atoms with Gasteiger partial charge in [0.15, 0.2) is 0 Å². The van der Waals surface area contributed by atoms with Gasteiger partial charge in [0, 0.05) is 0 Å². The van der Waals surface area contributed by atoms with Gasteiger partial charge in [0.05, 0.1) is 0 Å². The number of carbonyl (C=O) groups is 2. The first kappa shape index (κ1) is 11.4. The van der Waals surface area contributed by atoms with E-state index in [0.29, 0.717) is 0 Å². The fourth-order valence-corrected chi connectivity index (χ4v) is 0.758. The maximum Gasteiger partial charge on any atom is 0.352 e. The maximum absolute atomic E-state index is 10.6. The van der Waals surface area contributed by atoms with Gasteiger partial charge in [-0.3, -0.25) is 14.7 Å². The van der Waals surface area contributed by atoms with Crippen molar-refractivity contribution < 1.29 is 23.9 Å². The summed E-state index contributed by atoms with van der Waals surface area (Å²) in [4.78, 5) is 37.3. The minimum absolute atomic E-state index is 1.22. The molecule has 7 nitrogen and oxygen atoms in total. The Kier molecular flexibility index (Phi) is 3.66. The molecule has 70 valence electrons. The van der Waals surface area contributed by atoms with Crippen LogP contribution in [0, 0.1) is 0 Å². The van der Waals surface area contributed by atoms with E-state index in [1.54, 1.807) is 0 Å². The molecule has 0 saturated carbocycles. The van der Waals surface area contributed by atoms with Gasteiger partial charge in [0.2, 0.25) is 5.12 Å². The van der Waals surface area contributed by atoms with Crippen LogP contribution in [0.25, 0.3) is 0 Å². The van der Waals surface area contributed by atoms with Crippen molar-refractivity contribution in [2.24, 2.45) is 5.73 Å². The van der Waals surface area contributed by atoms with E-state index in [2.05, 4.69) is 5.73 Å². The largest absolute Gasteiger partial charge is 0.352 e. The van der Waals surface area contributed by atoms with Crippen molar-refractivity contribution in [3.8, 4) is 0 Å². The lowest BCUT2D eigenvalue weighted by molar-refractivity contribution is -0.118. The van der Waals surface area contributed by atoms with Gasteiger partial charge in [-0.15, -0.1) is 0 Å². The summed E-state index contributed by atoms with van der Waals surface area (Å²) in [7, 11) is -4.72. The lowest BCUT2D eigenvalue weighted by Crippen LogP contribution is -2.39. The van der Waals surface area contributed by atoms with E-state index in [4.69, 9.17) is 21.4 Å². The number of alkyl halides is 1. The molecule has 9 heteroatoms. The molecule has 0 aliphatic rings. The Morgan fingerprint density at radius 2 is 1.92 bits per heavy atom. The second-order valence-electron chi connectivity index (χ2n) is 1.78. The molecule has 0 heterocycles. The van der Waals surface area contributed by atoms with Crippen molar-refractivity contribution >= 4 is 31.1 Å². The smallest absolute Gasteiger partial charge is 0.351 e. The van der Waals surface area contributed by atoms with Crippen LogP contribution in [0.4, 0.5) is 4.79 Å². The second-order valence-corrected chi connectivity index (χ2v) is 4.21. The Labute approximate surface area is 72.0 Å². The molecule has 0 unspecified atom stereocenters. The number of nitrogens with one attached hydrogen (secondary N) is 1. The van der Waals surface area contributed by atoms with Crippen molar-refractivity contribution in [3.05, 3.63) is 0 Å². The highest BCUT2D eigenvalue weighted by molar-refractivity contribution is 7.55. The quantitative estimate of drug-likeness (QED) is 0.345. The van der Waals surface area contributed by atoms with Crippen molar-refractivity contribution in [2.75, 3.05) is 0 Å². The van der Waals surface area contributed by atoms with E-state index in [-0.39, 0.29) is 0 Å². The molecule has 0 rings (SSSR count). The van der Waals surface area contributed by atoms with E-state index < -0.39 is 24.7 Å². The monoisotopic (exact) mass is 216 g/mol. The predicted molar refractivity (Wildman–Crippen MR) is 39.4 cm³/mol. The highest BCUT2D eigenvalue weighted by Crippen LogP contribution is 2.43. The van der Waals surface area contributed by atoms with Crippen LogP contribution in [0.2, 0.25) is 0 Å². The minimum atomic E-state index is -4.72. The summed E-state index contributed by atoms with van der Waals surface area (Å²) in [6, 6.07) is -1.22. The zero-order valence-corrected chi connectivity index (χ0v) is 7.25. The predicted octanol–water partition coefficient (Wildman–Crippen LogP) is -1.08. The Bertz CT molecular complexity index is 249. The lowest BCUT2D eigenvalue weighted by Gasteiger charge is -2.08. The van der Waals surface area contributed by atoms with Crippen molar-refractivity contribution in [1.29, 1.82) is 0 Å². The van der Waals surface area contributed by atoms with Crippen LogP contribution in [0.15, 0.2) is 0 Å². The second kappa shape index (κ2) is 3.86. The molecular weight excluding hydrogens is 210 g/mol. The van der Waals surface area contributed by atoms with E-state index in [1.165, 1.54) is 5.32 Å². The van der Waals surface area contributed by atoms with Gasteiger partial charge in [-0.25, -0.2) is 4.79 Å². The number of primary amides is 1. The molecule has 0 aromatic carbocycles. The third kappa shape index (κ3) is 3.68. The molecule has 5 N–H and O–H groups in total. The van der Waals surface area contributed by atoms with Gasteiger partial charge in [0.25, 0.3) is 5.91 Å². The molecule has 3 amide bonds. The Balaban J connectivity index is 4.31. The molecule has 0 aromatic rings. The van der Waals surface area contributed by atoms with Gasteiger partial charge < -0.3 is 15.5 Å². The molecule has 0 spiro atoms. The van der Waals surface area contributed by atoms with Crippen LogP contribution in [0.1, 0.15) is 0 Å². The van der Waals surface area contributed by atoms with Gasteiger partial charge in [-0.1, -0.05) is 11.6 Å². The molecule has 1 atom stereocenters. The fourth-order valence-electron chi connectivity index (χ4n) is 0.334. The Hall–Kier alpha value is -0.620. The summed E-state index contributed by atoms with van der Waals surface area (Å²) < 4.78 is 10.3. The first-order chi connectivity index (χ1) is 5.25. The number of urea groups is 1. The standard InChI is InChI=1S/C3H6ClN2O5P/c4-1(12(9,10)11)2(7)6-3(5)8/h1H,(H2,9,10,11)(H3,5,6,7,8)/t1-/m1/s1. The van der Waals surface area contributed by atoms with Gasteiger partial charge in [-0.2, -0.15) is 0 Å². The van der Waals surface area contributed by atoms with Crippen LogP contribution >= 0.6 is 19.2 Å². The summed E-state index contributed by atoms with van der Waals surface area (Å²) in [5.41, 5.74) is 4.49. The Morgan fingerprint density at radius 3 is 2.17 bits per heavy atom. The topological polar surface area (TPSA) is 130 Å². The highest BCUT2D eigenvalue weighted by Gasteiger charge is 2.34. The summed E-state index contributed by atoms with van der Waals surface area (Å²) >= 11 is 4.97. The molecule has 0 aliphatic carbocycles. The zero-order valence-electron chi connectivity index (χ0n) is 5.60. The third-order valence-corrected chi connectivity index (χ3v) is 2.54. The number of rotatable bonds is 2. The van der Waals surface area contributed by atoms with Crippen molar-refractivity contribution in [3.63, 3.8) is 0 Å². The van der Waals surface area contributed by atoms with Crippen LogP contribution in [-0.2, 0) is 9.36 Å². The zero-order chi connectivity index (χ0) is 9.94. The number of hydrogen-bond acceptors (Lipinski definition) is 3. The number of amides is 3. The molecule has 0 aliphatic heterocycles. The summed E-state index contributed by atoms with van der Waals surface area (Å²) in [5.74, 6) is -1.32. The molecule has 0 aromatic heterocycles. The number of hydrogen-bond donors (Lipinski definition) is 4. The molecule has 0 saturated heterocycles. The van der Waals surface area contributed by atoms with E-state index >= 15 is 0 Å².